The Balaban J connectivity index is 1.84. The van der Waals surface area contributed by atoms with E-state index in [1.807, 2.05) is 0 Å². The van der Waals surface area contributed by atoms with Crippen molar-refractivity contribution in [3.05, 3.63) is 62.4 Å². The molecular weight excluding hydrogens is 327 g/mol. The standard InChI is InChI=1S/C14H10Cl2N4O2/c15-9-2-1-3-10(16)14(9)17-7-13-18-11-5-4-8(20(21)22)6-12(11)19-13/h1-6,17H,7H2,(H,18,19). The van der Waals surface area contributed by atoms with E-state index in [1.165, 1.54) is 12.1 Å². The normalized spacial score (nSPS) is 10.8. The zero-order chi connectivity index (χ0) is 15.7. The highest BCUT2D eigenvalue weighted by molar-refractivity contribution is 6.39. The molecule has 0 radical (unpaired) electrons. The molecule has 8 heteroatoms. The summed E-state index contributed by atoms with van der Waals surface area (Å²) in [5, 5.41) is 14.9. The fourth-order valence-corrected chi connectivity index (χ4v) is 2.62. The number of nitro benzene ring substituents is 1. The Kier molecular flexibility index (Phi) is 3.87. The molecule has 2 aromatic carbocycles. The van der Waals surface area contributed by atoms with Crippen LogP contribution in [0, 0.1) is 10.1 Å². The minimum atomic E-state index is -0.443. The molecule has 3 aromatic rings. The third kappa shape index (κ3) is 2.84. The monoisotopic (exact) mass is 336 g/mol. The summed E-state index contributed by atoms with van der Waals surface area (Å²) in [7, 11) is 0. The zero-order valence-electron chi connectivity index (χ0n) is 11.1. The number of nitro groups is 1. The molecule has 0 amide bonds. The molecule has 0 saturated carbocycles. The third-order valence-corrected chi connectivity index (χ3v) is 3.75. The van der Waals surface area contributed by atoms with Gasteiger partial charge >= 0.3 is 0 Å². The van der Waals surface area contributed by atoms with Gasteiger partial charge in [0.2, 0.25) is 0 Å². The van der Waals surface area contributed by atoms with Crippen LogP contribution >= 0.6 is 23.2 Å². The second-order valence-corrected chi connectivity index (χ2v) is 5.41. The topological polar surface area (TPSA) is 83.8 Å². The number of nitrogens with one attached hydrogen (secondary N) is 2. The number of fused-ring (bicyclic) bond motifs is 1. The smallest absolute Gasteiger partial charge is 0.271 e. The minimum absolute atomic E-state index is 0.0183. The molecular formula is C14H10Cl2N4O2. The summed E-state index contributed by atoms with van der Waals surface area (Å²) in [5.41, 5.74) is 1.91. The van der Waals surface area contributed by atoms with Crippen LogP contribution in [-0.2, 0) is 6.54 Å². The van der Waals surface area contributed by atoms with E-state index in [1.54, 1.807) is 24.3 Å². The number of imidazole rings is 1. The van der Waals surface area contributed by atoms with Crippen molar-refractivity contribution >= 4 is 45.6 Å². The lowest BCUT2D eigenvalue weighted by Gasteiger charge is -2.08. The number of benzene rings is 2. The Morgan fingerprint density at radius 3 is 2.64 bits per heavy atom. The van der Waals surface area contributed by atoms with Gasteiger partial charge in [-0.3, -0.25) is 10.1 Å². The van der Waals surface area contributed by atoms with Crippen molar-refractivity contribution in [2.45, 2.75) is 6.54 Å². The molecule has 0 spiro atoms. The predicted molar refractivity (Wildman–Crippen MR) is 86.5 cm³/mol. The SMILES string of the molecule is O=[N+]([O-])c1ccc2nc(CNc3c(Cl)cccc3Cl)[nH]c2c1. The average molecular weight is 337 g/mol. The van der Waals surface area contributed by atoms with E-state index in [4.69, 9.17) is 23.2 Å². The molecule has 0 aliphatic carbocycles. The fraction of sp³-hybridized carbons (Fsp3) is 0.0714. The Morgan fingerprint density at radius 2 is 1.95 bits per heavy atom. The molecule has 6 nitrogen and oxygen atoms in total. The number of aromatic nitrogens is 2. The first kappa shape index (κ1) is 14.6. The van der Waals surface area contributed by atoms with E-state index in [0.717, 1.165) is 0 Å². The first-order chi connectivity index (χ1) is 10.5. The summed E-state index contributed by atoms with van der Waals surface area (Å²) in [6, 6.07) is 9.71. The largest absolute Gasteiger partial charge is 0.375 e. The van der Waals surface area contributed by atoms with Gasteiger partial charge in [0.25, 0.3) is 5.69 Å². The second-order valence-electron chi connectivity index (χ2n) is 4.59. The van der Waals surface area contributed by atoms with Crippen molar-refractivity contribution in [1.29, 1.82) is 0 Å². The van der Waals surface area contributed by atoms with Crippen molar-refractivity contribution in [3.63, 3.8) is 0 Å². The van der Waals surface area contributed by atoms with Crippen LogP contribution in [0.5, 0.6) is 0 Å². The molecule has 0 aliphatic rings. The molecule has 112 valence electrons. The molecule has 0 bridgehead atoms. The molecule has 0 atom stereocenters. The van der Waals surface area contributed by atoms with Crippen molar-refractivity contribution in [3.8, 4) is 0 Å². The molecule has 1 heterocycles. The molecule has 3 rings (SSSR count). The molecule has 22 heavy (non-hydrogen) atoms. The van der Waals surface area contributed by atoms with Gasteiger partial charge in [-0.15, -0.1) is 0 Å². The number of halogens is 2. The first-order valence-electron chi connectivity index (χ1n) is 6.35. The maximum Gasteiger partial charge on any atom is 0.271 e. The first-order valence-corrected chi connectivity index (χ1v) is 7.11. The van der Waals surface area contributed by atoms with Crippen molar-refractivity contribution in [1.82, 2.24) is 9.97 Å². The minimum Gasteiger partial charge on any atom is -0.375 e. The summed E-state index contributed by atoms with van der Waals surface area (Å²) in [5.74, 6) is 0.631. The van der Waals surface area contributed by atoms with E-state index >= 15 is 0 Å². The maximum absolute atomic E-state index is 10.8. The van der Waals surface area contributed by atoms with Crippen LogP contribution < -0.4 is 5.32 Å². The van der Waals surface area contributed by atoms with E-state index in [-0.39, 0.29) is 5.69 Å². The van der Waals surface area contributed by atoms with E-state index in [0.29, 0.717) is 39.1 Å². The number of aromatic amines is 1. The number of hydrogen-bond donors (Lipinski definition) is 2. The van der Waals surface area contributed by atoms with Crippen LogP contribution in [0.4, 0.5) is 11.4 Å². The predicted octanol–water partition coefficient (Wildman–Crippen LogP) is 4.39. The Hall–Kier alpha value is -2.31. The van der Waals surface area contributed by atoms with E-state index < -0.39 is 4.92 Å². The van der Waals surface area contributed by atoms with Crippen molar-refractivity contribution in [2.24, 2.45) is 0 Å². The number of anilines is 1. The third-order valence-electron chi connectivity index (χ3n) is 3.12. The molecule has 2 N–H and O–H groups in total. The molecule has 0 fully saturated rings. The van der Waals surface area contributed by atoms with Gasteiger partial charge in [-0.25, -0.2) is 4.98 Å². The van der Waals surface area contributed by atoms with Gasteiger partial charge < -0.3 is 10.3 Å². The van der Waals surface area contributed by atoms with Crippen LogP contribution in [0.15, 0.2) is 36.4 Å². The van der Waals surface area contributed by atoms with E-state index in [9.17, 15) is 10.1 Å². The van der Waals surface area contributed by atoms with Gasteiger partial charge in [0.15, 0.2) is 0 Å². The summed E-state index contributed by atoms with van der Waals surface area (Å²) in [4.78, 5) is 17.7. The number of H-pyrrole nitrogens is 1. The maximum atomic E-state index is 10.8. The Bertz CT molecular complexity index is 843. The fourth-order valence-electron chi connectivity index (χ4n) is 2.09. The van der Waals surface area contributed by atoms with Crippen LogP contribution in [-0.4, -0.2) is 14.9 Å². The average Bonchev–Trinajstić information content (AvgIpc) is 2.88. The summed E-state index contributed by atoms with van der Waals surface area (Å²) >= 11 is 12.2. The number of para-hydroxylation sites is 1. The molecule has 0 aliphatic heterocycles. The Morgan fingerprint density at radius 1 is 1.23 bits per heavy atom. The van der Waals surface area contributed by atoms with Gasteiger partial charge in [0.05, 0.1) is 38.2 Å². The molecule has 1 aromatic heterocycles. The van der Waals surface area contributed by atoms with Crippen molar-refractivity contribution < 1.29 is 4.92 Å². The molecule has 0 saturated heterocycles. The van der Waals surface area contributed by atoms with Crippen molar-refractivity contribution in [2.75, 3.05) is 5.32 Å². The number of rotatable bonds is 4. The van der Waals surface area contributed by atoms with Gasteiger partial charge in [-0.1, -0.05) is 29.3 Å². The number of non-ortho nitro benzene ring substituents is 1. The Labute approximate surface area is 135 Å². The zero-order valence-corrected chi connectivity index (χ0v) is 12.6. The lowest BCUT2D eigenvalue weighted by Crippen LogP contribution is -2.02. The van der Waals surface area contributed by atoms with Gasteiger partial charge in [0, 0.05) is 12.1 Å². The number of hydrogen-bond acceptors (Lipinski definition) is 4. The lowest BCUT2D eigenvalue weighted by molar-refractivity contribution is -0.384. The van der Waals surface area contributed by atoms with E-state index in [2.05, 4.69) is 15.3 Å². The van der Waals surface area contributed by atoms with Gasteiger partial charge in [-0.05, 0) is 18.2 Å². The molecule has 0 unspecified atom stereocenters. The lowest BCUT2D eigenvalue weighted by atomic mass is 10.3. The van der Waals surface area contributed by atoms with Crippen LogP contribution in [0.2, 0.25) is 10.0 Å². The van der Waals surface area contributed by atoms with Crippen LogP contribution in [0.25, 0.3) is 11.0 Å². The second kappa shape index (κ2) is 5.82. The number of nitrogens with zero attached hydrogens (tertiary/aromatic N) is 2. The van der Waals surface area contributed by atoms with Gasteiger partial charge in [0.1, 0.15) is 5.82 Å². The quantitative estimate of drug-likeness (QED) is 0.546. The highest BCUT2D eigenvalue weighted by Gasteiger charge is 2.10. The van der Waals surface area contributed by atoms with Crippen LogP contribution in [0.3, 0.4) is 0 Å². The van der Waals surface area contributed by atoms with Gasteiger partial charge in [-0.2, -0.15) is 0 Å². The summed E-state index contributed by atoms with van der Waals surface area (Å²) < 4.78 is 0. The highest BCUT2D eigenvalue weighted by atomic mass is 35.5. The summed E-state index contributed by atoms with van der Waals surface area (Å²) in [6.07, 6.45) is 0. The highest BCUT2D eigenvalue weighted by Crippen LogP contribution is 2.30. The van der Waals surface area contributed by atoms with Crippen LogP contribution in [0.1, 0.15) is 5.82 Å². The summed E-state index contributed by atoms with van der Waals surface area (Å²) in [6.45, 7) is 0.367.